The van der Waals surface area contributed by atoms with Gasteiger partial charge in [0.15, 0.2) is 0 Å². The summed E-state index contributed by atoms with van der Waals surface area (Å²) < 4.78 is 7.22. The van der Waals surface area contributed by atoms with Crippen molar-refractivity contribution in [1.82, 2.24) is 30.4 Å². The Labute approximate surface area is 124 Å². The quantitative estimate of drug-likeness (QED) is 0.512. The van der Waals surface area contributed by atoms with Gasteiger partial charge in [-0.25, -0.2) is 4.68 Å². The molecule has 114 valence electrons. The van der Waals surface area contributed by atoms with E-state index in [2.05, 4.69) is 32.7 Å². The van der Waals surface area contributed by atoms with E-state index < -0.39 is 0 Å². The largest absolute Gasteiger partial charge is 0.379 e. The molecule has 1 saturated heterocycles. The summed E-state index contributed by atoms with van der Waals surface area (Å²) in [7, 11) is 0. The van der Waals surface area contributed by atoms with Crippen LogP contribution in [0.4, 0.5) is 0 Å². The Morgan fingerprint density at radius 1 is 1.25 bits per heavy atom. The lowest BCUT2D eigenvalue weighted by Crippen LogP contribution is -2.37. The van der Waals surface area contributed by atoms with Crippen molar-refractivity contribution < 1.29 is 4.74 Å². The van der Waals surface area contributed by atoms with Crippen LogP contribution in [-0.4, -0.2) is 76.8 Å². The second kappa shape index (κ2) is 9.28. The summed E-state index contributed by atoms with van der Waals surface area (Å²) in [4.78, 5) is 2.42. The summed E-state index contributed by atoms with van der Waals surface area (Å²) >= 11 is 1.73. The van der Waals surface area contributed by atoms with Gasteiger partial charge in [-0.15, -0.1) is 5.10 Å². The molecule has 1 N–H and O–H groups in total. The Hall–Kier alpha value is -0.700. The van der Waals surface area contributed by atoms with Crippen molar-refractivity contribution >= 4 is 11.8 Å². The third kappa shape index (κ3) is 5.35. The zero-order valence-electron chi connectivity index (χ0n) is 12.1. The van der Waals surface area contributed by atoms with Gasteiger partial charge in [-0.05, 0) is 23.4 Å². The third-order valence-electron chi connectivity index (χ3n) is 3.17. The Morgan fingerprint density at radius 2 is 2.10 bits per heavy atom. The first-order valence-corrected chi connectivity index (χ1v) is 8.28. The van der Waals surface area contributed by atoms with Crippen molar-refractivity contribution in [2.45, 2.75) is 25.0 Å². The van der Waals surface area contributed by atoms with Crippen LogP contribution in [0.15, 0.2) is 5.16 Å². The lowest BCUT2D eigenvalue weighted by Gasteiger charge is -2.26. The average Bonchev–Trinajstić information content (AvgIpc) is 2.92. The van der Waals surface area contributed by atoms with Crippen molar-refractivity contribution in [3.05, 3.63) is 0 Å². The van der Waals surface area contributed by atoms with Gasteiger partial charge >= 0.3 is 0 Å². The molecule has 1 aromatic heterocycles. The van der Waals surface area contributed by atoms with Crippen LogP contribution in [-0.2, 0) is 11.3 Å². The molecule has 0 unspecified atom stereocenters. The number of thioether (sulfide) groups is 1. The molecule has 0 aliphatic carbocycles. The molecule has 1 aromatic rings. The Kier molecular flexibility index (Phi) is 7.27. The van der Waals surface area contributed by atoms with E-state index in [1.165, 1.54) is 0 Å². The van der Waals surface area contributed by atoms with E-state index in [9.17, 15) is 0 Å². The molecule has 8 heteroatoms. The number of morpholine rings is 1. The first-order valence-electron chi connectivity index (χ1n) is 7.30. The van der Waals surface area contributed by atoms with Crippen LogP contribution in [0, 0.1) is 0 Å². The standard InChI is InChI=1S/C12H24N6OS/c1-2-3-13-4-5-18-12(14-15-16-18)20-11-8-17-6-9-19-10-7-17/h13H,2-11H2,1H3. The first kappa shape index (κ1) is 15.7. The molecule has 1 aliphatic heterocycles. The molecular weight excluding hydrogens is 276 g/mol. The monoisotopic (exact) mass is 300 g/mol. The van der Waals surface area contributed by atoms with Gasteiger partial charge in [0.2, 0.25) is 5.16 Å². The molecule has 1 fully saturated rings. The van der Waals surface area contributed by atoms with Gasteiger partial charge in [0.25, 0.3) is 0 Å². The van der Waals surface area contributed by atoms with E-state index in [4.69, 9.17) is 4.74 Å². The molecule has 1 aliphatic rings. The lowest BCUT2D eigenvalue weighted by molar-refractivity contribution is 0.0410. The maximum atomic E-state index is 5.34. The van der Waals surface area contributed by atoms with E-state index in [1.807, 2.05) is 4.68 Å². The summed E-state index contributed by atoms with van der Waals surface area (Å²) in [5, 5.41) is 16.2. The third-order valence-corrected chi connectivity index (χ3v) is 4.11. The van der Waals surface area contributed by atoms with Crippen molar-refractivity contribution in [1.29, 1.82) is 0 Å². The van der Waals surface area contributed by atoms with Crippen LogP contribution in [0.1, 0.15) is 13.3 Å². The van der Waals surface area contributed by atoms with Gasteiger partial charge in [-0.2, -0.15) is 0 Å². The molecule has 0 bridgehead atoms. The minimum atomic E-state index is 0.826. The predicted octanol–water partition coefficient (Wildman–Crippen LogP) is 0.0970. The number of tetrazole rings is 1. The fourth-order valence-electron chi connectivity index (χ4n) is 2.02. The second-order valence-electron chi connectivity index (χ2n) is 4.74. The van der Waals surface area contributed by atoms with Gasteiger partial charge in [0.05, 0.1) is 19.8 Å². The number of aromatic nitrogens is 4. The molecule has 0 spiro atoms. The molecule has 2 rings (SSSR count). The summed E-state index contributed by atoms with van der Waals surface area (Å²) in [5.41, 5.74) is 0. The van der Waals surface area contributed by atoms with Crippen molar-refractivity contribution in [3.8, 4) is 0 Å². The molecule has 20 heavy (non-hydrogen) atoms. The van der Waals surface area contributed by atoms with Crippen LogP contribution in [0.5, 0.6) is 0 Å². The molecule has 2 heterocycles. The number of nitrogens with one attached hydrogen (secondary N) is 1. The highest BCUT2D eigenvalue weighted by Crippen LogP contribution is 2.13. The van der Waals surface area contributed by atoms with Crippen LogP contribution >= 0.6 is 11.8 Å². The number of rotatable bonds is 9. The number of hydrogen-bond donors (Lipinski definition) is 1. The van der Waals surface area contributed by atoms with Crippen LogP contribution in [0.25, 0.3) is 0 Å². The van der Waals surface area contributed by atoms with Crippen molar-refractivity contribution in [2.75, 3.05) is 51.7 Å². The molecule has 0 atom stereocenters. The molecular formula is C12H24N6OS. The SMILES string of the molecule is CCCNCCn1nnnc1SCCN1CCOCC1. The number of hydrogen-bond acceptors (Lipinski definition) is 7. The van der Waals surface area contributed by atoms with Gasteiger partial charge < -0.3 is 10.1 Å². The second-order valence-corrected chi connectivity index (χ2v) is 5.80. The van der Waals surface area contributed by atoms with Crippen LogP contribution < -0.4 is 5.32 Å². The average molecular weight is 300 g/mol. The zero-order chi connectivity index (χ0) is 14.0. The number of ether oxygens (including phenoxy) is 1. The maximum Gasteiger partial charge on any atom is 0.209 e. The molecule has 0 amide bonds. The minimum Gasteiger partial charge on any atom is -0.379 e. The Balaban J connectivity index is 1.65. The molecule has 0 radical (unpaired) electrons. The van der Waals surface area contributed by atoms with Crippen molar-refractivity contribution in [3.63, 3.8) is 0 Å². The highest BCUT2D eigenvalue weighted by Gasteiger charge is 2.11. The summed E-state index contributed by atoms with van der Waals surface area (Å²) in [6, 6.07) is 0. The molecule has 0 aromatic carbocycles. The number of nitrogens with zero attached hydrogens (tertiary/aromatic N) is 5. The summed E-state index contributed by atoms with van der Waals surface area (Å²) in [6.45, 7) is 9.78. The maximum absolute atomic E-state index is 5.34. The normalized spacial score (nSPS) is 16.6. The Morgan fingerprint density at radius 3 is 2.90 bits per heavy atom. The smallest absolute Gasteiger partial charge is 0.209 e. The Bertz CT molecular complexity index is 369. The fraction of sp³-hybridized carbons (Fsp3) is 0.917. The van der Waals surface area contributed by atoms with Gasteiger partial charge in [0.1, 0.15) is 0 Å². The highest BCUT2D eigenvalue weighted by molar-refractivity contribution is 7.99. The predicted molar refractivity (Wildman–Crippen MR) is 79.0 cm³/mol. The van der Waals surface area contributed by atoms with Crippen LogP contribution in [0.3, 0.4) is 0 Å². The molecule has 0 saturated carbocycles. The van der Waals surface area contributed by atoms with E-state index >= 15 is 0 Å². The van der Waals surface area contributed by atoms with Gasteiger partial charge in [0, 0.05) is 31.9 Å². The van der Waals surface area contributed by atoms with E-state index in [0.717, 1.165) is 69.8 Å². The van der Waals surface area contributed by atoms with Crippen molar-refractivity contribution in [2.24, 2.45) is 0 Å². The summed E-state index contributed by atoms with van der Waals surface area (Å²) in [6.07, 6.45) is 1.15. The van der Waals surface area contributed by atoms with Gasteiger partial charge in [-0.1, -0.05) is 18.7 Å². The topological polar surface area (TPSA) is 68.1 Å². The van der Waals surface area contributed by atoms with Gasteiger partial charge in [-0.3, -0.25) is 4.90 Å². The fourth-order valence-corrected chi connectivity index (χ4v) is 2.92. The molecule has 7 nitrogen and oxygen atoms in total. The lowest BCUT2D eigenvalue weighted by atomic mass is 10.4. The zero-order valence-corrected chi connectivity index (χ0v) is 12.9. The van der Waals surface area contributed by atoms with Crippen LogP contribution in [0.2, 0.25) is 0 Å². The van der Waals surface area contributed by atoms with E-state index in [1.54, 1.807) is 11.8 Å². The van der Waals surface area contributed by atoms with E-state index in [0.29, 0.717) is 0 Å². The highest BCUT2D eigenvalue weighted by atomic mass is 32.2. The first-order chi connectivity index (χ1) is 9.90. The minimum absolute atomic E-state index is 0.826. The van der Waals surface area contributed by atoms with E-state index in [-0.39, 0.29) is 0 Å². The summed E-state index contributed by atoms with van der Waals surface area (Å²) in [5.74, 6) is 1.02.